The molecule has 0 aliphatic rings. The van der Waals surface area contributed by atoms with Gasteiger partial charge >= 0.3 is 0 Å². The molecule has 0 saturated carbocycles. The number of anilines is 1. The van der Waals surface area contributed by atoms with Crippen molar-refractivity contribution in [1.29, 1.82) is 0 Å². The lowest BCUT2D eigenvalue weighted by Gasteiger charge is -2.11. The number of hydrogen-bond acceptors (Lipinski definition) is 2. The summed E-state index contributed by atoms with van der Waals surface area (Å²) in [7, 11) is 0. The first-order chi connectivity index (χ1) is 7.54. The van der Waals surface area contributed by atoms with E-state index in [4.69, 9.17) is 5.73 Å². The average molecular weight is 224 g/mol. The molecule has 0 spiro atoms. The van der Waals surface area contributed by atoms with Crippen LogP contribution in [0.3, 0.4) is 0 Å². The van der Waals surface area contributed by atoms with E-state index in [2.05, 4.69) is 5.32 Å². The molecular weight excluding hydrogens is 207 g/mol. The number of aryl methyl sites for hydroxylation is 1. The van der Waals surface area contributed by atoms with Crippen molar-refractivity contribution in [2.45, 2.75) is 32.7 Å². The topological polar surface area (TPSA) is 55.1 Å². The van der Waals surface area contributed by atoms with Crippen molar-refractivity contribution >= 4 is 11.6 Å². The molecule has 0 fully saturated rings. The fourth-order valence-corrected chi connectivity index (χ4v) is 1.39. The summed E-state index contributed by atoms with van der Waals surface area (Å²) in [5.74, 6) is -0.776. The van der Waals surface area contributed by atoms with Gasteiger partial charge in [0.05, 0.1) is 11.7 Å². The third kappa shape index (κ3) is 3.31. The van der Waals surface area contributed by atoms with Crippen LogP contribution in [0.5, 0.6) is 0 Å². The Morgan fingerprint density at radius 2 is 2.25 bits per heavy atom. The lowest BCUT2D eigenvalue weighted by atomic mass is 10.1. The number of amides is 1. The quantitative estimate of drug-likeness (QED) is 0.823. The summed E-state index contributed by atoms with van der Waals surface area (Å²) in [6.07, 6.45) is 1.42. The molecule has 0 aliphatic heterocycles. The van der Waals surface area contributed by atoms with Crippen molar-refractivity contribution in [2.24, 2.45) is 5.73 Å². The highest BCUT2D eigenvalue weighted by Crippen LogP contribution is 2.15. The number of halogens is 1. The highest BCUT2D eigenvalue weighted by molar-refractivity contribution is 5.94. The van der Waals surface area contributed by atoms with Crippen LogP contribution in [0.15, 0.2) is 18.2 Å². The summed E-state index contributed by atoms with van der Waals surface area (Å²) in [5.41, 5.74) is 6.62. The second-order valence-corrected chi connectivity index (χ2v) is 3.87. The molecule has 3 N–H and O–H groups in total. The second-order valence-electron chi connectivity index (χ2n) is 3.87. The van der Waals surface area contributed by atoms with Gasteiger partial charge in [-0.05, 0) is 31.0 Å². The number of rotatable bonds is 4. The van der Waals surface area contributed by atoms with Crippen molar-refractivity contribution < 1.29 is 9.18 Å². The summed E-state index contributed by atoms with van der Waals surface area (Å²) in [6, 6.07) is 4.08. The van der Waals surface area contributed by atoms with Crippen molar-refractivity contribution in [1.82, 2.24) is 0 Å². The minimum atomic E-state index is -0.578. The van der Waals surface area contributed by atoms with E-state index >= 15 is 0 Å². The monoisotopic (exact) mass is 224 g/mol. The third-order valence-electron chi connectivity index (χ3n) is 2.32. The molecule has 0 aromatic heterocycles. The average Bonchev–Trinajstić information content (AvgIpc) is 2.22. The number of nitrogens with two attached hydrogens (primary N) is 1. The lowest BCUT2D eigenvalue weighted by molar-refractivity contribution is -0.117. The first kappa shape index (κ1) is 12.6. The normalized spacial score (nSPS) is 12.2. The van der Waals surface area contributed by atoms with E-state index in [0.29, 0.717) is 6.42 Å². The largest absolute Gasteiger partial charge is 0.322 e. The molecule has 88 valence electrons. The van der Waals surface area contributed by atoms with E-state index in [1.165, 1.54) is 6.07 Å². The van der Waals surface area contributed by atoms with Gasteiger partial charge < -0.3 is 11.1 Å². The molecule has 0 bridgehead atoms. The fourth-order valence-electron chi connectivity index (χ4n) is 1.39. The van der Waals surface area contributed by atoms with Gasteiger partial charge in [0.1, 0.15) is 5.82 Å². The van der Waals surface area contributed by atoms with Gasteiger partial charge in [-0.1, -0.05) is 19.4 Å². The van der Waals surface area contributed by atoms with Gasteiger partial charge in [-0.3, -0.25) is 4.79 Å². The molecule has 4 heteroatoms. The van der Waals surface area contributed by atoms with Crippen LogP contribution in [-0.4, -0.2) is 11.9 Å². The summed E-state index contributed by atoms with van der Waals surface area (Å²) >= 11 is 0. The van der Waals surface area contributed by atoms with E-state index < -0.39 is 11.9 Å². The molecule has 3 nitrogen and oxygen atoms in total. The van der Waals surface area contributed by atoms with Crippen molar-refractivity contribution in [3.05, 3.63) is 29.6 Å². The van der Waals surface area contributed by atoms with Gasteiger partial charge in [0.25, 0.3) is 0 Å². The second kappa shape index (κ2) is 5.61. The Labute approximate surface area is 94.8 Å². The Bertz CT molecular complexity index is 379. The Kier molecular flexibility index (Phi) is 4.43. The zero-order chi connectivity index (χ0) is 12.1. The number of nitrogens with one attached hydrogen (secondary N) is 1. The van der Waals surface area contributed by atoms with Gasteiger partial charge in [0.2, 0.25) is 5.91 Å². The highest BCUT2D eigenvalue weighted by atomic mass is 19.1. The van der Waals surface area contributed by atoms with Crippen LogP contribution in [0.1, 0.15) is 25.3 Å². The molecular formula is C12H17FN2O. The maximum Gasteiger partial charge on any atom is 0.241 e. The maximum atomic E-state index is 13.4. The molecule has 1 atom stereocenters. The Hall–Kier alpha value is -1.42. The smallest absolute Gasteiger partial charge is 0.241 e. The molecule has 0 aliphatic carbocycles. The molecule has 0 saturated heterocycles. The maximum absolute atomic E-state index is 13.4. The molecule has 0 unspecified atom stereocenters. The minimum Gasteiger partial charge on any atom is -0.322 e. The minimum absolute atomic E-state index is 0.183. The van der Waals surface area contributed by atoms with Crippen LogP contribution in [0.25, 0.3) is 0 Å². The molecule has 1 rings (SSSR count). The van der Waals surface area contributed by atoms with E-state index in [1.807, 2.05) is 6.92 Å². The standard InChI is InChI=1S/C12H17FN2O/c1-3-4-10(14)12(16)15-11-6-5-8(2)7-9(11)13/h5-7,10H,3-4,14H2,1-2H3,(H,15,16)/t10-/m0/s1. The van der Waals surface area contributed by atoms with E-state index in [0.717, 1.165) is 12.0 Å². The van der Waals surface area contributed by atoms with Crippen molar-refractivity contribution in [3.63, 3.8) is 0 Å². The molecule has 1 aromatic carbocycles. The fraction of sp³-hybridized carbons (Fsp3) is 0.417. The number of carbonyl (C=O) groups excluding carboxylic acids is 1. The molecule has 1 amide bonds. The van der Waals surface area contributed by atoms with Gasteiger partial charge in [0, 0.05) is 0 Å². The third-order valence-corrected chi connectivity index (χ3v) is 2.32. The predicted molar refractivity (Wildman–Crippen MR) is 62.7 cm³/mol. The van der Waals surface area contributed by atoms with E-state index in [9.17, 15) is 9.18 Å². The summed E-state index contributed by atoms with van der Waals surface area (Å²) < 4.78 is 13.4. The predicted octanol–water partition coefficient (Wildman–Crippen LogP) is 2.20. The van der Waals surface area contributed by atoms with Gasteiger partial charge in [0.15, 0.2) is 0 Å². The Morgan fingerprint density at radius 3 is 2.81 bits per heavy atom. The first-order valence-electron chi connectivity index (χ1n) is 5.37. The van der Waals surface area contributed by atoms with Crippen LogP contribution in [0.4, 0.5) is 10.1 Å². The van der Waals surface area contributed by atoms with Crippen LogP contribution in [0.2, 0.25) is 0 Å². The van der Waals surface area contributed by atoms with Crippen LogP contribution < -0.4 is 11.1 Å². The van der Waals surface area contributed by atoms with Crippen LogP contribution in [-0.2, 0) is 4.79 Å². The van der Waals surface area contributed by atoms with Gasteiger partial charge in [-0.2, -0.15) is 0 Å². The Balaban J connectivity index is 2.69. The summed E-state index contributed by atoms with van der Waals surface area (Å²) in [6.45, 7) is 3.73. The van der Waals surface area contributed by atoms with Gasteiger partial charge in [-0.25, -0.2) is 4.39 Å². The SMILES string of the molecule is CCC[C@H](N)C(=O)Nc1ccc(C)cc1F. The van der Waals surface area contributed by atoms with Crippen LogP contribution in [0, 0.1) is 12.7 Å². The van der Waals surface area contributed by atoms with Crippen molar-refractivity contribution in [3.8, 4) is 0 Å². The zero-order valence-corrected chi connectivity index (χ0v) is 9.59. The van der Waals surface area contributed by atoms with Crippen molar-refractivity contribution in [2.75, 3.05) is 5.32 Å². The summed E-state index contributed by atoms with van der Waals surface area (Å²) in [5, 5.41) is 2.48. The highest BCUT2D eigenvalue weighted by Gasteiger charge is 2.13. The van der Waals surface area contributed by atoms with E-state index in [1.54, 1.807) is 19.1 Å². The van der Waals surface area contributed by atoms with E-state index in [-0.39, 0.29) is 11.6 Å². The molecule has 16 heavy (non-hydrogen) atoms. The number of hydrogen-bond donors (Lipinski definition) is 2. The summed E-state index contributed by atoms with van der Waals surface area (Å²) in [4.78, 5) is 11.5. The van der Waals surface area contributed by atoms with Crippen LogP contribution >= 0.6 is 0 Å². The van der Waals surface area contributed by atoms with Gasteiger partial charge in [-0.15, -0.1) is 0 Å². The first-order valence-corrected chi connectivity index (χ1v) is 5.37. The number of benzene rings is 1. The zero-order valence-electron chi connectivity index (χ0n) is 9.59. The Morgan fingerprint density at radius 1 is 1.56 bits per heavy atom. The molecule has 0 heterocycles. The lowest BCUT2D eigenvalue weighted by Crippen LogP contribution is -2.35. The number of carbonyl (C=O) groups is 1. The molecule has 0 radical (unpaired) electrons. The molecule has 1 aromatic rings.